The number of carbonyl (C=O) groups excluding carboxylic acids is 1. The summed E-state index contributed by atoms with van der Waals surface area (Å²) in [5, 5.41) is 4.72. The van der Waals surface area contributed by atoms with Crippen LogP contribution in [0.3, 0.4) is 0 Å². The average Bonchev–Trinajstić information content (AvgIpc) is 3.27. The van der Waals surface area contributed by atoms with Crippen molar-refractivity contribution in [1.82, 2.24) is 15.1 Å². The molecule has 0 fully saturated rings. The zero-order chi connectivity index (χ0) is 17.2. The second-order valence-electron chi connectivity index (χ2n) is 5.34. The van der Waals surface area contributed by atoms with Gasteiger partial charge < -0.3 is 14.2 Å². The first kappa shape index (κ1) is 15.6. The molecular formula is C18H12BrN3O3. The maximum Gasteiger partial charge on any atom is 0.340 e. The highest BCUT2D eigenvalue weighted by Crippen LogP contribution is 2.21. The second-order valence-corrected chi connectivity index (χ2v) is 6.26. The van der Waals surface area contributed by atoms with E-state index in [0.717, 1.165) is 20.9 Å². The molecular weight excluding hydrogens is 386 g/mol. The van der Waals surface area contributed by atoms with E-state index in [0.29, 0.717) is 11.4 Å². The van der Waals surface area contributed by atoms with Gasteiger partial charge in [-0.2, -0.15) is 4.98 Å². The van der Waals surface area contributed by atoms with Crippen LogP contribution in [0, 0.1) is 0 Å². The van der Waals surface area contributed by atoms with Crippen molar-refractivity contribution in [2.24, 2.45) is 0 Å². The molecule has 2 aromatic carbocycles. The minimum atomic E-state index is -0.444. The van der Waals surface area contributed by atoms with Crippen LogP contribution in [0.2, 0.25) is 0 Å². The predicted octanol–water partition coefficient (Wildman–Crippen LogP) is 4.34. The number of aromatic nitrogens is 3. The summed E-state index contributed by atoms with van der Waals surface area (Å²) in [7, 11) is 0. The van der Waals surface area contributed by atoms with Gasteiger partial charge >= 0.3 is 5.97 Å². The Bertz CT molecular complexity index is 1040. The normalized spacial score (nSPS) is 10.9. The first-order valence-corrected chi connectivity index (χ1v) is 8.32. The molecule has 0 spiro atoms. The van der Waals surface area contributed by atoms with Gasteiger partial charge in [-0.05, 0) is 30.3 Å². The van der Waals surface area contributed by atoms with Crippen LogP contribution in [-0.4, -0.2) is 21.1 Å². The van der Waals surface area contributed by atoms with E-state index in [1.54, 1.807) is 6.20 Å². The van der Waals surface area contributed by atoms with Crippen LogP contribution in [0.4, 0.5) is 0 Å². The predicted molar refractivity (Wildman–Crippen MR) is 94.9 cm³/mol. The highest BCUT2D eigenvalue weighted by Gasteiger charge is 2.15. The average molecular weight is 398 g/mol. The van der Waals surface area contributed by atoms with Gasteiger partial charge in [0.05, 0.1) is 5.56 Å². The molecule has 0 saturated carbocycles. The van der Waals surface area contributed by atoms with Gasteiger partial charge in [0.2, 0.25) is 5.82 Å². The molecule has 4 aromatic rings. The van der Waals surface area contributed by atoms with Crippen molar-refractivity contribution in [2.75, 3.05) is 0 Å². The second kappa shape index (κ2) is 6.52. The van der Waals surface area contributed by atoms with Gasteiger partial charge in [0, 0.05) is 27.1 Å². The lowest BCUT2D eigenvalue weighted by Crippen LogP contribution is -2.04. The van der Waals surface area contributed by atoms with Crippen molar-refractivity contribution in [2.45, 2.75) is 6.61 Å². The van der Waals surface area contributed by atoms with Crippen molar-refractivity contribution in [1.29, 1.82) is 0 Å². The fraction of sp³-hybridized carbons (Fsp3) is 0.0556. The number of carbonyl (C=O) groups is 1. The Hall–Kier alpha value is -2.93. The molecule has 0 aliphatic carbocycles. The molecule has 4 rings (SSSR count). The fourth-order valence-electron chi connectivity index (χ4n) is 2.48. The molecule has 0 aliphatic rings. The summed E-state index contributed by atoms with van der Waals surface area (Å²) < 4.78 is 11.4. The Morgan fingerprint density at radius 3 is 2.80 bits per heavy atom. The molecule has 0 radical (unpaired) electrons. The molecule has 2 aromatic heterocycles. The van der Waals surface area contributed by atoms with E-state index in [1.165, 1.54) is 0 Å². The number of H-pyrrole nitrogens is 1. The summed E-state index contributed by atoms with van der Waals surface area (Å²) in [6.45, 7) is -0.0815. The van der Waals surface area contributed by atoms with Gasteiger partial charge in [-0.3, -0.25) is 0 Å². The third-order valence-electron chi connectivity index (χ3n) is 3.71. The number of para-hydroxylation sites is 1. The number of nitrogens with one attached hydrogen (secondary N) is 1. The topological polar surface area (TPSA) is 81.0 Å². The Morgan fingerprint density at radius 1 is 1.16 bits per heavy atom. The van der Waals surface area contributed by atoms with Crippen molar-refractivity contribution in [3.8, 4) is 11.4 Å². The molecule has 124 valence electrons. The highest BCUT2D eigenvalue weighted by atomic mass is 79.9. The van der Waals surface area contributed by atoms with Crippen molar-refractivity contribution >= 4 is 32.8 Å². The maximum absolute atomic E-state index is 12.3. The van der Waals surface area contributed by atoms with Crippen LogP contribution in [0.5, 0.6) is 0 Å². The number of rotatable bonds is 4. The summed E-state index contributed by atoms with van der Waals surface area (Å²) in [6, 6.07) is 15.1. The summed E-state index contributed by atoms with van der Waals surface area (Å²) in [5.41, 5.74) is 2.18. The molecule has 0 bridgehead atoms. The molecule has 6 nitrogen and oxygen atoms in total. The number of nitrogens with zero attached hydrogens (tertiary/aromatic N) is 2. The Balaban J connectivity index is 1.46. The molecule has 0 atom stereocenters. The highest BCUT2D eigenvalue weighted by molar-refractivity contribution is 9.10. The van der Waals surface area contributed by atoms with E-state index in [2.05, 4.69) is 31.1 Å². The quantitative estimate of drug-likeness (QED) is 0.518. The minimum absolute atomic E-state index is 0.0815. The number of aromatic amines is 1. The number of halogens is 1. The van der Waals surface area contributed by atoms with Gasteiger partial charge in [0.25, 0.3) is 5.89 Å². The Kier molecular flexibility index (Phi) is 4.07. The summed E-state index contributed by atoms with van der Waals surface area (Å²) in [5.74, 6) is 0.248. The minimum Gasteiger partial charge on any atom is -0.452 e. The number of esters is 1. The summed E-state index contributed by atoms with van der Waals surface area (Å²) in [4.78, 5) is 19.6. The lowest BCUT2D eigenvalue weighted by Gasteiger charge is -2.00. The SMILES string of the molecule is O=C(OCc1nc(-c2ccc(Br)cc2)no1)c1c[nH]c2ccccc12. The van der Waals surface area contributed by atoms with E-state index in [1.807, 2.05) is 48.5 Å². The van der Waals surface area contributed by atoms with Crippen LogP contribution in [0.1, 0.15) is 16.2 Å². The molecule has 7 heteroatoms. The van der Waals surface area contributed by atoms with E-state index in [-0.39, 0.29) is 12.5 Å². The lowest BCUT2D eigenvalue weighted by molar-refractivity contribution is 0.0432. The van der Waals surface area contributed by atoms with Crippen LogP contribution >= 0.6 is 15.9 Å². The molecule has 2 heterocycles. The van der Waals surface area contributed by atoms with Crippen LogP contribution in [-0.2, 0) is 11.3 Å². The molecule has 0 saturated heterocycles. The Labute approximate surface area is 150 Å². The van der Waals surface area contributed by atoms with Crippen molar-refractivity contribution in [3.63, 3.8) is 0 Å². The standard InChI is InChI=1S/C18H12BrN3O3/c19-12-7-5-11(6-8-12)17-21-16(25-22-17)10-24-18(23)14-9-20-15-4-2-1-3-13(14)15/h1-9,20H,10H2. The van der Waals surface area contributed by atoms with Crippen LogP contribution in [0.25, 0.3) is 22.3 Å². The lowest BCUT2D eigenvalue weighted by atomic mass is 10.2. The van der Waals surface area contributed by atoms with Gasteiger partial charge in [0.1, 0.15) is 0 Å². The fourth-order valence-corrected chi connectivity index (χ4v) is 2.74. The van der Waals surface area contributed by atoms with Crippen LogP contribution < -0.4 is 0 Å². The van der Waals surface area contributed by atoms with E-state index in [9.17, 15) is 4.79 Å². The monoisotopic (exact) mass is 397 g/mol. The Morgan fingerprint density at radius 2 is 1.96 bits per heavy atom. The van der Waals surface area contributed by atoms with Crippen molar-refractivity contribution < 1.29 is 14.1 Å². The zero-order valence-corrected chi connectivity index (χ0v) is 14.5. The van der Waals surface area contributed by atoms with Gasteiger partial charge in [0.15, 0.2) is 6.61 Å². The molecule has 0 unspecified atom stereocenters. The van der Waals surface area contributed by atoms with E-state index in [4.69, 9.17) is 9.26 Å². The van der Waals surface area contributed by atoms with Crippen LogP contribution in [0.15, 0.2) is 63.7 Å². The van der Waals surface area contributed by atoms with E-state index >= 15 is 0 Å². The number of hydrogen-bond acceptors (Lipinski definition) is 5. The third kappa shape index (κ3) is 3.18. The number of hydrogen-bond donors (Lipinski definition) is 1. The third-order valence-corrected chi connectivity index (χ3v) is 4.24. The summed E-state index contributed by atoms with van der Waals surface area (Å²) in [6.07, 6.45) is 1.63. The molecule has 0 amide bonds. The van der Waals surface area contributed by atoms with E-state index < -0.39 is 5.97 Å². The molecule has 1 N–H and O–H groups in total. The zero-order valence-electron chi connectivity index (χ0n) is 12.9. The number of ether oxygens (including phenoxy) is 1. The largest absolute Gasteiger partial charge is 0.452 e. The molecule has 0 aliphatic heterocycles. The number of benzene rings is 2. The first-order valence-electron chi connectivity index (χ1n) is 7.52. The summed E-state index contributed by atoms with van der Waals surface area (Å²) >= 11 is 3.38. The smallest absolute Gasteiger partial charge is 0.340 e. The van der Waals surface area contributed by atoms with Gasteiger partial charge in [-0.1, -0.05) is 39.3 Å². The first-order chi connectivity index (χ1) is 12.2. The maximum atomic E-state index is 12.3. The van der Waals surface area contributed by atoms with Crippen molar-refractivity contribution in [3.05, 3.63) is 70.7 Å². The number of fused-ring (bicyclic) bond motifs is 1. The van der Waals surface area contributed by atoms with Gasteiger partial charge in [-0.15, -0.1) is 0 Å². The molecule has 25 heavy (non-hydrogen) atoms. The van der Waals surface area contributed by atoms with Gasteiger partial charge in [-0.25, -0.2) is 4.79 Å².